The Balaban J connectivity index is 2.18. The van der Waals surface area contributed by atoms with E-state index in [1.165, 1.54) is 0 Å². The molecule has 1 saturated carbocycles. The van der Waals surface area contributed by atoms with Crippen molar-refractivity contribution >= 4 is 37.8 Å². The zero-order chi connectivity index (χ0) is 15.4. The molecule has 21 heavy (non-hydrogen) atoms. The number of nitrogens with two attached hydrogens (primary N) is 1. The number of amides is 1. The molecule has 0 unspecified atom stereocenters. The van der Waals surface area contributed by atoms with Crippen LogP contribution in [0, 0.1) is 0 Å². The summed E-state index contributed by atoms with van der Waals surface area (Å²) < 4.78 is 1.84. The van der Waals surface area contributed by atoms with Crippen LogP contribution in [0.5, 0.6) is 0 Å². The summed E-state index contributed by atoms with van der Waals surface area (Å²) in [7, 11) is 0. The van der Waals surface area contributed by atoms with Gasteiger partial charge in [-0.15, -0.1) is 0 Å². The Bertz CT molecular complexity index is 479. The highest BCUT2D eigenvalue weighted by molar-refractivity contribution is 9.11. The number of hydrogen-bond donors (Lipinski definition) is 1. The topological polar surface area (TPSA) is 46.3 Å². The average Bonchev–Trinajstić information content (AvgIpc) is 2.44. The minimum absolute atomic E-state index is 0.124. The van der Waals surface area contributed by atoms with Crippen molar-refractivity contribution < 1.29 is 4.79 Å². The SMILES string of the molecule is CCCN(C(=O)c1cc(Br)cc(Br)c1)C1CCC(N)CC1. The zero-order valence-electron chi connectivity index (χ0n) is 12.3. The van der Waals surface area contributed by atoms with E-state index in [2.05, 4.69) is 38.8 Å². The van der Waals surface area contributed by atoms with Gasteiger partial charge in [-0.1, -0.05) is 38.8 Å². The zero-order valence-corrected chi connectivity index (χ0v) is 15.5. The lowest BCUT2D eigenvalue weighted by Gasteiger charge is -2.36. The molecule has 1 aliphatic carbocycles. The van der Waals surface area contributed by atoms with Crippen LogP contribution in [0.2, 0.25) is 0 Å². The second-order valence-corrected chi connectivity index (χ2v) is 7.56. The van der Waals surface area contributed by atoms with Crippen molar-refractivity contribution in [2.24, 2.45) is 5.73 Å². The molecule has 0 aliphatic heterocycles. The van der Waals surface area contributed by atoms with Crippen molar-refractivity contribution in [3.8, 4) is 0 Å². The van der Waals surface area contributed by atoms with Gasteiger partial charge in [-0.05, 0) is 50.3 Å². The quantitative estimate of drug-likeness (QED) is 0.792. The molecule has 1 aliphatic rings. The molecular weight excluding hydrogens is 396 g/mol. The molecule has 0 bridgehead atoms. The van der Waals surface area contributed by atoms with Crippen molar-refractivity contribution in [1.29, 1.82) is 0 Å². The maximum atomic E-state index is 12.9. The van der Waals surface area contributed by atoms with E-state index in [1.807, 2.05) is 23.1 Å². The fourth-order valence-electron chi connectivity index (χ4n) is 2.95. The normalized spacial score (nSPS) is 22.1. The third kappa shape index (κ3) is 4.54. The number of rotatable bonds is 4. The first kappa shape index (κ1) is 17.0. The van der Waals surface area contributed by atoms with Crippen LogP contribution >= 0.6 is 31.9 Å². The van der Waals surface area contributed by atoms with Crippen LogP contribution < -0.4 is 5.73 Å². The highest BCUT2D eigenvalue weighted by Crippen LogP contribution is 2.26. The Labute approximate surface area is 143 Å². The molecule has 2 N–H and O–H groups in total. The van der Waals surface area contributed by atoms with E-state index in [4.69, 9.17) is 5.73 Å². The van der Waals surface area contributed by atoms with E-state index in [0.717, 1.165) is 53.2 Å². The standard InChI is InChI=1S/C16H22Br2N2O/c1-2-7-20(15-5-3-14(19)4-6-15)16(21)11-8-12(17)10-13(18)9-11/h8-10,14-15H,2-7,19H2,1H3. The molecular formula is C16H22Br2N2O. The van der Waals surface area contributed by atoms with Crippen molar-refractivity contribution in [2.75, 3.05) is 6.54 Å². The molecule has 0 atom stereocenters. The van der Waals surface area contributed by atoms with Gasteiger partial charge in [0.05, 0.1) is 0 Å². The first-order chi connectivity index (χ1) is 10.0. The summed E-state index contributed by atoms with van der Waals surface area (Å²) in [4.78, 5) is 14.9. The maximum Gasteiger partial charge on any atom is 0.254 e. The van der Waals surface area contributed by atoms with Crippen molar-refractivity contribution in [3.63, 3.8) is 0 Å². The van der Waals surface area contributed by atoms with Gasteiger partial charge in [0.1, 0.15) is 0 Å². The molecule has 1 aromatic carbocycles. The summed E-state index contributed by atoms with van der Waals surface area (Å²) in [5.74, 6) is 0.124. The number of hydrogen-bond acceptors (Lipinski definition) is 2. The fraction of sp³-hybridized carbons (Fsp3) is 0.562. The molecule has 0 aromatic heterocycles. The molecule has 1 fully saturated rings. The summed E-state index contributed by atoms with van der Waals surface area (Å²) in [6.07, 6.45) is 5.04. The molecule has 0 spiro atoms. The first-order valence-corrected chi connectivity index (χ1v) is 9.12. The minimum atomic E-state index is 0.124. The van der Waals surface area contributed by atoms with E-state index in [1.54, 1.807) is 0 Å². The van der Waals surface area contributed by atoms with Gasteiger partial charge >= 0.3 is 0 Å². The van der Waals surface area contributed by atoms with Crippen molar-refractivity contribution in [1.82, 2.24) is 4.90 Å². The second-order valence-electron chi connectivity index (χ2n) is 5.73. The fourth-order valence-corrected chi connectivity index (χ4v) is 4.24. The van der Waals surface area contributed by atoms with Gasteiger partial charge < -0.3 is 10.6 Å². The highest BCUT2D eigenvalue weighted by Gasteiger charge is 2.28. The van der Waals surface area contributed by atoms with E-state index in [0.29, 0.717) is 12.1 Å². The van der Waals surface area contributed by atoms with E-state index in [-0.39, 0.29) is 5.91 Å². The van der Waals surface area contributed by atoms with E-state index < -0.39 is 0 Å². The van der Waals surface area contributed by atoms with Gasteiger partial charge in [-0.2, -0.15) is 0 Å². The molecule has 0 heterocycles. The summed E-state index contributed by atoms with van der Waals surface area (Å²) in [6.45, 7) is 2.93. The Kier molecular flexibility index (Phi) is 6.26. The smallest absolute Gasteiger partial charge is 0.254 e. The number of carbonyl (C=O) groups is 1. The van der Waals surface area contributed by atoms with Gasteiger partial charge in [0.15, 0.2) is 0 Å². The first-order valence-electron chi connectivity index (χ1n) is 7.54. The second kappa shape index (κ2) is 7.75. The summed E-state index contributed by atoms with van der Waals surface area (Å²) in [6, 6.07) is 6.37. The lowest BCUT2D eigenvalue weighted by molar-refractivity contribution is 0.0626. The molecule has 0 saturated heterocycles. The van der Waals surface area contributed by atoms with Gasteiger partial charge in [-0.25, -0.2) is 0 Å². The molecule has 3 nitrogen and oxygen atoms in total. The van der Waals surface area contributed by atoms with Gasteiger partial charge in [0, 0.05) is 33.1 Å². The number of benzene rings is 1. The summed E-state index contributed by atoms with van der Waals surface area (Å²) in [5.41, 5.74) is 6.72. The van der Waals surface area contributed by atoms with Gasteiger partial charge in [-0.3, -0.25) is 4.79 Å². The van der Waals surface area contributed by atoms with Crippen LogP contribution in [0.25, 0.3) is 0 Å². The third-order valence-electron chi connectivity index (χ3n) is 4.02. The summed E-state index contributed by atoms with van der Waals surface area (Å²) in [5, 5.41) is 0. The van der Waals surface area contributed by atoms with Crippen LogP contribution in [0.15, 0.2) is 27.1 Å². The number of nitrogens with zero attached hydrogens (tertiary/aromatic N) is 1. The average molecular weight is 418 g/mol. The van der Waals surface area contributed by atoms with Crippen LogP contribution in [-0.4, -0.2) is 29.4 Å². The minimum Gasteiger partial charge on any atom is -0.336 e. The number of carbonyl (C=O) groups excluding carboxylic acids is 1. The monoisotopic (exact) mass is 416 g/mol. The molecule has 0 radical (unpaired) electrons. The van der Waals surface area contributed by atoms with Crippen molar-refractivity contribution in [3.05, 3.63) is 32.7 Å². The Morgan fingerprint density at radius 3 is 2.29 bits per heavy atom. The molecule has 5 heteroatoms. The highest BCUT2D eigenvalue weighted by atomic mass is 79.9. The van der Waals surface area contributed by atoms with Gasteiger partial charge in [0.2, 0.25) is 0 Å². The molecule has 2 rings (SSSR count). The lowest BCUT2D eigenvalue weighted by Crippen LogP contribution is -2.44. The lowest BCUT2D eigenvalue weighted by atomic mass is 9.90. The van der Waals surface area contributed by atoms with Crippen LogP contribution in [-0.2, 0) is 0 Å². The number of halogens is 2. The maximum absolute atomic E-state index is 12.9. The van der Waals surface area contributed by atoms with E-state index in [9.17, 15) is 4.79 Å². The largest absolute Gasteiger partial charge is 0.336 e. The van der Waals surface area contributed by atoms with Crippen molar-refractivity contribution in [2.45, 2.75) is 51.1 Å². The summed E-state index contributed by atoms with van der Waals surface area (Å²) >= 11 is 6.91. The predicted octanol–water partition coefficient (Wildman–Crippen LogP) is 4.33. The molecule has 116 valence electrons. The van der Waals surface area contributed by atoms with Gasteiger partial charge in [0.25, 0.3) is 5.91 Å². The van der Waals surface area contributed by atoms with E-state index >= 15 is 0 Å². The van der Waals surface area contributed by atoms with Crippen LogP contribution in [0.1, 0.15) is 49.4 Å². The Hall–Kier alpha value is -0.390. The third-order valence-corrected chi connectivity index (χ3v) is 4.93. The Morgan fingerprint density at radius 2 is 1.76 bits per heavy atom. The predicted molar refractivity (Wildman–Crippen MR) is 93.4 cm³/mol. The Morgan fingerprint density at radius 1 is 1.19 bits per heavy atom. The van der Waals surface area contributed by atoms with Crippen LogP contribution in [0.3, 0.4) is 0 Å². The van der Waals surface area contributed by atoms with Crippen LogP contribution in [0.4, 0.5) is 0 Å². The molecule has 1 amide bonds. The molecule has 1 aromatic rings.